The SMILES string of the molecule is Cc1cc(=O)[nH]c(Sc2ccc(CCN)cc2)n1. The molecule has 1 aromatic carbocycles. The predicted octanol–water partition coefficient (Wildman–Crippen LogP) is 1.73. The van der Waals surface area contributed by atoms with Crippen LogP contribution in [0.1, 0.15) is 11.3 Å². The summed E-state index contributed by atoms with van der Waals surface area (Å²) in [5.41, 5.74) is 7.32. The molecule has 0 fully saturated rings. The van der Waals surface area contributed by atoms with Crippen LogP contribution in [0.2, 0.25) is 0 Å². The molecule has 0 saturated carbocycles. The predicted molar refractivity (Wildman–Crippen MR) is 72.9 cm³/mol. The van der Waals surface area contributed by atoms with Gasteiger partial charge in [-0.15, -0.1) is 0 Å². The van der Waals surface area contributed by atoms with Gasteiger partial charge in [-0.25, -0.2) is 4.98 Å². The van der Waals surface area contributed by atoms with E-state index < -0.39 is 0 Å². The Balaban J connectivity index is 2.15. The van der Waals surface area contributed by atoms with Gasteiger partial charge in [0.15, 0.2) is 5.16 Å². The molecule has 2 rings (SSSR count). The Hall–Kier alpha value is -1.59. The molecule has 3 N–H and O–H groups in total. The molecule has 0 aliphatic carbocycles. The number of aromatic amines is 1. The summed E-state index contributed by atoms with van der Waals surface area (Å²) in [6.07, 6.45) is 0.879. The monoisotopic (exact) mass is 261 g/mol. The standard InChI is InChI=1S/C13H15N3OS/c1-9-8-12(17)16-13(15-9)18-11-4-2-10(3-5-11)6-7-14/h2-5,8H,6-7,14H2,1H3,(H,15,16,17). The molecule has 18 heavy (non-hydrogen) atoms. The minimum Gasteiger partial charge on any atom is -0.330 e. The van der Waals surface area contributed by atoms with E-state index in [-0.39, 0.29) is 5.56 Å². The van der Waals surface area contributed by atoms with E-state index in [1.165, 1.54) is 23.4 Å². The summed E-state index contributed by atoms with van der Waals surface area (Å²) in [4.78, 5) is 19.4. The first kappa shape index (κ1) is 12.9. The summed E-state index contributed by atoms with van der Waals surface area (Å²) in [5, 5.41) is 0.617. The second kappa shape index (κ2) is 5.84. The van der Waals surface area contributed by atoms with Crippen molar-refractivity contribution in [3.05, 3.63) is 51.9 Å². The van der Waals surface area contributed by atoms with E-state index in [4.69, 9.17) is 5.73 Å². The molecule has 5 heteroatoms. The van der Waals surface area contributed by atoms with Crippen LogP contribution in [0.15, 0.2) is 45.2 Å². The van der Waals surface area contributed by atoms with Crippen LogP contribution in [0, 0.1) is 6.92 Å². The van der Waals surface area contributed by atoms with Gasteiger partial charge < -0.3 is 10.7 Å². The zero-order chi connectivity index (χ0) is 13.0. The van der Waals surface area contributed by atoms with E-state index in [9.17, 15) is 4.79 Å². The molecule has 0 amide bonds. The topological polar surface area (TPSA) is 71.8 Å². The van der Waals surface area contributed by atoms with E-state index in [0.717, 1.165) is 17.0 Å². The fourth-order valence-electron chi connectivity index (χ4n) is 1.60. The van der Waals surface area contributed by atoms with Crippen LogP contribution >= 0.6 is 11.8 Å². The van der Waals surface area contributed by atoms with Crippen LogP contribution in [0.3, 0.4) is 0 Å². The van der Waals surface area contributed by atoms with Gasteiger partial charge in [0.05, 0.1) is 0 Å². The number of nitrogens with one attached hydrogen (secondary N) is 1. The number of nitrogens with two attached hydrogens (primary N) is 1. The molecule has 0 bridgehead atoms. The van der Waals surface area contributed by atoms with Crippen molar-refractivity contribution in [1.29, 1.82) is 0 Å². The van der Waals surface area contributed by atoms with E-state index in [1.54, 1.807) is 0 Å². The van der Waals surface area contributed by atoms with Crippen molar-refractivity contribution in [2.24, 2.45) is 5.73 Å². The smallest absolute Gasteiger partial charge is 0.251 e. The van der Waals surface area contributed by atoms with E-state index >= 15 is 0 Å². The first-order valence-corrected chi connectivity index (χ1v) is 6.54. The third-order valence-corrected chi connectivity index (χ3v) is 3.31. The van der Waals surface area contributed by atoms with Crippen molar-refractivity contribution in [1.82, 2.24) is 9.97 Å². The van der Waals surface area contributed by atoms with Crippen LogP contribution in [0.5, 0.6) is 0 Å². The second-order valence-electron chi connectivity index (χ2n) is 3.98. The highest BCUT2D eigenvalue weighted by Crippen LogP contribution is 2.24. The minimum absolute atomic E-state index is 0.121. The number of aryl methyl sites for hydroxylation is 1. The molecular formula is C13H15N3OS. The number of hydrogen-bond acceptors (Lipinski definition) is 4. The second-order valence-corrected chi connectivity index (χ2v) is 5.04. The molecule has 4 nitrogen and oxygen atoms in total. The minimum atomic E-state index is -0.121. The normalized spacial score (nSPS) is 10.6. The molecule has 0 radical (unpaired) electrons. The Labute approximate surface area is 110 Å². The summed E-state index contributed by atoms with van der Waals surface area (Å²) in [6.45, 7) is 2.46. The third kappa shape index (κ3) is 3.45. The van der Waals surface area contributed by atoms with Crippen molar-refractivity contribution in [2.45, 2.75) is 23.4 Å². The van der Waals surface area contributed by atoms with Crippen LogP contribution in [-0.4, -0.2) is 16.5 Å². The lowest BCUT2D eigenvalue weighted by Gasteiger charge is -2.03. The van der Waals surface area contributed by atoms with Crippen molar-refractivity contribution >= 4 is 11.8 Å². The van der Waals surface area contributed by atoms with Crippen LogP contribution in [-0.2, 0) is 6.42 Å². The number of aromatic nitrogens is 2. The highest BCUT2D eigenvalue weighted by molar-refractivity contribution is 7.99. The van der Waals surface area contributed by atoms with Gasteiger partial charge in [0.1, 0.15) is 0 Å². The van der Waals surface area contributed by atoms with Crippen LogP contribution < -0.4 is 11.3 Å². The van der Waals surface area contributed by atoms with Crippen molar-refractivity contribution in [3.8, 4) is 0 Å². The lowest BCUT2D eigenvalue weighted by molar-refractivity contribution is 0.905. The highest BCUT2D eigenvalue weighted by atomic mass is 32.2. The maximum Gasteiger partial charge on any atom is 0.251 e. The Bertz CT molecular complexity index is 578. The zero-order valence-corrected chi connectivity index (χ0v) is 11.0. The molecule has 0 aliphatic heterocycles. The molecule has 1 heterocycles. The molecule has 0 saturated heterocycles. The Morgan fingerprint density at radius 3 is 2.67 bits per heavy atom. The molecule has 0 unspecified atom stereocenters. The molecular weight excluding hydrogens is 246 g/mol. The maximum absolute atomic E-state index is 11.3. The fourth-order valence-corrected chi connectivity index (χ4v) is 2.44. The number of benzene rings is 1. The summed E-state index contributed by atoms with van der Waals surface area (Å²) in [6, 6.07) is 9.59. The molecule has 1 aromatic heterocycles. The summed E-state index contributed by atoms with van der Waals surface area (Å²) < 4.78 is 0. The van der Waals surface area contributed by atoms with Crippen LogP contribution in [0.25, 0.3) is 0 Å². The van der Waals surface area contributed by atoms with Gasteiger partial charge in [-0.3, -0.25) is 4.79 Å². The molecule has 94 valence electrons. The van der Waals surface area contributed by atoms with Crippen LogP contribution in [0.4, 0.5) is 0 Å². The zero-order valence-electron chi connectivity index (χ0n) is 10.1. The summed E-state index contributed by atoms with van der Waals surface area (Å²) in [5.74, 6) is 0. The average Bonchev–Trinajstić information content (AvgIpc) is 2.31. The van der Waals surface area contributed by atoms with Gasteiger partial charge in [-0.1, -0.05) is 23.9 Å². The van der Waals surface area contributed by atoms with Gasteiger partial charge in [0, 0.05) is 16.7 Å². The van der Waals surface area contributed by atoms with Crippen molar-refractivity contribution in [2.75, 3.05) is 6.54 Å². The van der Waals surface area contributed by atoms with Gasteiger partial charge in [0.2, 0.25) is 0 Å². The largest absolute Gasteiger partial charge is 0.330 e. The summed E-state index contributed by atoms with van der Waals surface area (Å²) in [7, 11) is 0. The van der Waals surface area contributed by atoms with Gasteiger partial charge in [-0.05, 0) is 37.6 Å². The highest BCUT2D eigenvalue weighted by Gasteiger charge is 2.01. The molecule has 0 aliphatic rings. The van der Waals surface area contributed by atoms with E-state index in [0.29, 0.717) is 11.7 Å². The van der Waals surface area contributed by atoms with Crippen molar-refractivity contribution < 1.29 is 0 Å². The Morgan fingerprint density at radius 2 is 2.06 bits per heavy atom. The number of hydrogen-bond donors (Lipinski definition) is 2. The molecule has 0 spiro atoms. The maximum atomic E-state index is 11.3. The fraction of sp³-hybridized carbons (Fsp3) is 0.231. The van der Waals surface area contributed by atoms with Gasteiger partial charge in [-0.2, -0.15) is 0 Å². The Morgan fingerprint density at radius 1 is 1.33 bits per heavy atom. The average molecular weight is 261 g/mol. The number of nitrogens with zero attached hydrogens (tertiary/aromatic N) is 1. The van der Waals surface area contributed by atoms with Crippen molar-refractivity contribution in [3.63, 3.8) is 0 Å². The first-order chi connectivity index (χ1) is 8.67. The molecule has 2 aromatic rings. The first-order valence-electron chi connectivity index (χ1n) is 5.72. The van der Waals surface area contributed by atoms with Gasteiger partial charge >= 0.3 is 0 Å². The number of rotatable bonds is 4. The molecule has 0 atom stereocenters. The van der Waals surface area contributed by atoms with E-state index in [1.807, 2.05) is 31.2 Å². The summed E-state index contributed by atoms with van der Waals surface area (Å²) >= 11 is 1.44. The lowest BCUT2D eigenvalue weighted by Crippen LogP contribution is -2.07. The third-order valence-electron chi connectivity index (χ3n) is 2.42. The Kier molecular flexibility index (Phi) is 4.17. The number of H-pyrrole nitrogens is 1. The van der Waals surface area contributed by atoms with E-state index in [2.05, 4.69) is 9.97 Å². The lowest BCUT2D eigenvalue weighted by atomic mass is 10.2. The van der Waals surface area contributed by atoms with Gasteiger partial charge in [0.25, 0.3) is 5.56 Å². The quantitative estimate of drug-likeness (QED) is 0.822.